The SMILES string of the molecule is Cc1nc2ccccn2c1/C(N)=N\O. The van der Waals surface area contributed by atoms with E-state index in [1.807, 2.05) is 31.3 Å². The number of nitrogens with zero attached hydrogens (tertiary/aromatic N) is 3. The van der Waals surface area contributed by atoms with E-state index in [1.165, 1.54) is 0 Å². The number of amidine groups is 1. The molecule has 2 heterocycles. The van der Waals surface area contributed by atoms with Gasteiger partial charge in [-0.15, -0.1) is 0 Å². The van der Waals surface area contributed by atoms with Crippen molar-refractivity contribution in [3.8, 4) is 0 Å². The number of imidazole rings is 1. The summed E-state index contributed by atoms with van der Waals surface area (Å²) in [6, 6.07) is 5.61. The standard InChI is InChI=1S/C9H10N4O/c1-6-8(9(10)12-14)13-5-3-2-4-7(13)11-6/h2-5,14H,1H3,(H2,10,12). The highest BCUT2D eigenvalue weighted by atomic mass is 16.4. The fourth-order valence-corrected chi connectivity index (χ4v) is 1.47. The van der Waals surface area contributed by atoms with Crippen molar-refractivity contribution < 1.29 is 5.21 Å². The molecule has 0 spiro atoms. The molecule has 14 heavy (non-hydrogen) atoms. The number of oxime groups is 1. The average molecular weight is 190 g/mol. The quantitative estimate of drug-likeness (QED) is 0.301. The molecule has 0 saturated heterocycles. The smallest absolute Gasteiger partial charge is 0.189 e. The summed E-state index contributed by atoms with van der Waals surface area (Å²) in [6.07, 6.45) is 1.82. The highest BCUT2D eigenvalue weighted by molar-refractivity contribution is 5.97. The molecule has 2 aromatic heterocycles. The molecule has 0 atom stereocenters. The van der Waals surface area contributed by atoms with Crippen molar-refractivity contribution in [3.63, 3.8) is 0 Å². The van der Waals surface area contributed by atoms with Gasteiger partial charge in [-0.2, -0.15) is 0 Å². The van der Waals surface area contributed by atoms with Crippen LogP contribution in [0.5, 0.6) is 0 Å². The van der Waals surface area contributed by atoms with Crippen LogP contribution in [0, 0.1) is 6.92 Å². The molecule has 0 bridgehead atoms. The number of aryl methyl sites for hydroxylation is 1. The van der Waals surface area contributed by atoms with Gasteiger partial charge in [-0.25, -0.2) is 4.98 Å². The van der Waals surface area contributed by atoms with Crippen molar-refractivity contribution >= 4 is 11.5 Å². The minimum atomic E-state index is 0.0706. The van der Waals surface area contributed by atoms with Gasteiger partial charge in [0.05, 0.1) is 5.69 Å². The summed E-state index contributed by atoms with van der Waals surface area (Å²) in [6.45, 7) is 1.82. The summed E-state index contributed by atoms with van der Waals surface area (Å²) >= 11 is 0. The first-order chi connectivity index (χ1) is 6.74. The summed E-state index contributed by atoms with van der Waals surface area (Å²) in [4.78, 5) is 4.27. The zero-order chi connectivity index (χ0) is 10.1. The van der Waals surface area contributed by atoms with Gasteiger partial charge >= 0.3 is 0 Å². The van der Waals surface area contributed by atoms with E-state index in [0.29, 0.717) is 5.69 Å². The molecule has 0 unspecified atom stereocenters. The molecule has 0 aliphatic rings. The van der Waals surface area contributed by atoms with Crippen LogP contribution in [0.4, 0.5) is 0 Å². The van der Waals surface area contributed by atoms with E-state index in [0.717, 1.165) is 11.3 Å². The van der Waals surface area contributed by atoms with Gasteiger partial charge in [0.25, 0.3) is 0 Å². The Balaban J connectivity index is 2.81. The van der Waals surface area contributed by atoms with Gasteiger partial charge < -0.3 is 10.9 Å². The first-order valence-corrected chi connectivity index (χ1v) is 4.15. The van der Waals surface area contributed by atoms with Crippen LogP contribution in [0.2, 0.25) is 0 Å². The van der Waals surface area contributed by atoms with Gasteiger partial charge in [-0.1, -0.05) is 11.2 Å². The molecule has 0 aliphatic heterocycles. The lowest BCUT2D eigenvalue weighted by Gasteiger charge is -1.99. The number of aromatic nitrogens is 2. The summed E-state index contributed by atoms with van der Waals surface area (Å²) < 4.78 is 1.78. The van der Waals surface area contributed by atoms with E-state index in [2.05, 4.69) is 10.1 Å². The average Bonchev–Trinajstić information content (AvgIpc) is 2.53. The molecule has 5 heteroatoms. The Morgan fingerprint density at radius 2 is 2.36 bits per heavy atom. The molecule has 0 amide bonds. The zero-order valence-corrected chi connectivity index (χ0v) is 7.68. The lowest BCUT2D eigenvalue weighted by molar-refractivity contribution is 0.318. The third kappa shape index (κ3) is 1.10. The maximum atomic E-state index is 8.61. The van der Waals surface area contributed by atoms with Gasteiger partial charge in [0.1, 0.15) is 11.3 Å². The molecular formula is C9H10N4O. The number of nitrogens with two attached hydrogens (primary N) is 1. The molecule has 0 radical (unpaired) electrons. The van der Waals surface area contributed by atoms with Crippen molar-refractivity contribution in [2.45, 2.75) is 6.92 Å². The van der Waals surface area contributed by atoms with E-state index in [1.54, 1.807) is 4.40 Å². The summed E-state index contributed by atoms with van der Waals surface area (Å²) in [5.74, 6) is 0.0706. The second-order valence-electron chi connectivity index (χ2n) is 2.96. The Morgan fingerprint density at radius 1 is 1.57 bits per heavy atom. The Hall–Kier alpha value is -2.04. The minimum absolute atomic E-state index is 0.0706. The largest absolute Gasteiger partial charge is 0.409 e. The van der Waals surface area contributed by atoms with Crippen LogP contribution in [0.25, 0.3) is 5.65 Å². The fourth-order valence-electron chi connectivity index (χ4n) is 1.47. The molecule has 0 fully saturated rings. The third-order valence-electron chi connectivity index (χ3n) is 2.05. The second kappa shape index (κ2) is 3.02. The molecule has 3 N–H and O–H groups in total. The molecular weight excluding hydrogens is 180 g/mol. The van der Waals surface area contributed by atoms with Gasteiger partial charge in [0.2, 0.25) is 0 Å². The van der Waals surface area contributed by atoms with Gasteiger partial charge in [-0.05, 0) is 19.1 Å². The van der Waals surface area contributed by atoms with Gasteiger partial charge in [0, 0.05) is 6.20 Å². The number of hydrogen-bond acceptors (Lipinski definition) is 3. The number of pyridine rings is 1. The molecule has 0 aromatic carbocycles. The van der Waals surface area contributed by atoms with Crippen LogP contribution in [0.1, 0.15) is 11.4 Å². The predicted octanol–water partition coefficient (Wildman–Crippen LogP) is 0.737. The van der Waals surface area contributed by atoms with E-state index in [9.17, 15) is 0 Å². The van der Waals surface area contributed by atoms with E-state index in [4.69, 9.17) is 10.9 Å². The van der Waals surface area contributed by atoms with Crippen LogP contribution in [-0.4, -0.2) is 20.4 Å². The van der Waals surface area contributed by atoms with Crippen LogP contribution >= 0.6 is 0 Å². The zero-order valence-electron chi connectivity index (χ0n) is 7.68. The van der Waals surface area contributed by atoms with Crippen LogP contribution in [0.15, 0.2) is 29.6 Å². The Morgan fingerprint density at radius 3 is 3.07 bits per heavy atom. The monoisotopic (exact) mass is 190 g/mol. The normalized spacial score (nSPS) is 12.2. The van der Waals surface area contributed by atoms with Crippen LogP contribution in [0.3, 0.4) is 0 Å². The number of hydrogen-bond donors (Lipinski definition) is 2. The number of rotatable bonds is 1. The Bertz CT molecular complexity index is 500. The topological polar surface area (TPSA) is 75.9 Å². The summed E-state index contributed by atoms with van der Waals surface area (Å²) in [7, 11) is 0. The lowest BCUT2D eigenvalue weighted by Crippen LogP contribution is -2.16. The first kappa shape index (κ1) is 8.55. The van der Waals surface area contributed by atoms with E-state index in [-0.39, 0.29) is 5.84 Å². The molecule has 72 valence electrons. The maximum absolute atomic E-state index is 8.61. The molecule has 2 aromatic rings. The maximum Gasteiger partial charge on any atom is 0.189 e. The minimum Gasteiger partial charge on any atom is -0.409 e. The van der Waals surface area contributed by atoms with E-state index < -0.39 is 0 Å². The third-order valence-corrected chi connectivity index (χ3v) is 2.05. The summed E-state index contributed by atoms with van der Waals surface area (Å²) in [5.41, 5.74) is 7.70. The van der Waals surface area contributed by atoms with Crippen LogP contribution < -0.4 is 5.73 Å². The molecule has 0 aliphatic carbocycles. The van der Waals surface area contributed by atoms with Crippen molar-refractivity contribution in [1.82, 2.24) is 9.38 Å². The molecule has 5 nitrogen and oxygen atoms in total. The number of fused-ring (bicyclic) bond motifs is 1. The Kier molecular flexibility index (Phi) is 1.85. The molecule has 0 saturated carbocycles. The first-order valence-electron chi connectivity index (χ1n) is 4.15. The highest BCUT2D eigenvalue weighted by Gasteiger charge is 2.11. The van der Waals surface area contributed by atoms with Crippen molar-refractivity contribution in [3.05, 3.63) is 35.8 Å². The van der Waals surface area contributed by atoms with Crippen molar-refractivity contribution in [2.24, 2.45) is 10.9 Å². The fraction of sp³-hybridized carbons (Fsp3) is 0.111. The van der Waals surface area contributed by atoms with Crippen molar-refractivity contribution in [2.75, 3.05) is 0 Å². The predicted molar refractivity (Wildman–Crippen MR) is 52.4 cm³/mol. The highest BCUT2D eigenvalue weighted by Crippen LogP contribution is 2.10. The van der Waals surface area contributed by atoms with Crippen molar-refractivity contribution in [1.29, 1.82) is 0 Å². The van der Waals surface area contributed by atoms with Crippen LogP contribution in [-0.2, 0) is 0 Å². The lowest BCUT2D eigenvalue weighted by atomic mass is 10.3. The second-order valence-corrected chi connectivity index (χ2v) is 2.96. The Labute approximate surface area is 80.5 Å². The van der Waals surface area contributed by atoms with Gasteiger partial charge in [0.15, 0.2) is 5.84 Å². The van der Waals surface area contributed by atoms with E-state index >= 15 is 0 Å². The van der Waals surface area contributed by atoms with Gasteiger partial charge in [-0.3, -0.25) is 4.40 Å². The molecule has 2 rings (SSSR count). The summed E-state index contributed by atoms with van der Waals surface area (Å²) in [5, 5.41) is 11.6.